The van der Waals surface area contributed by atoms with Gasteiger partial charge in [-0.2, -0.15) is 13.2 Å². The third kappa shape index (κ3) is 2.01. The predicted octanol–water partition coefficient (Wildman–Crippen LogP) is -1.59. The van der Waals surface area contributed by atoms with Gasteiger partial charge in [0.1, 0.15) is 20.1 Å². The van der Waals surface area contributed by atoms with E-state index in [4.69, 9.17) is 5.11 Å². The van der Waals surface area contributed by atoms with E-state index in [1.165, 1.54) is 0 Å². The summed E-state index contributed by atoms with van der Waals surface area (Å²) in [6, 6.07) is -1.56. The number of amides is 1. The van der Waals surface area contributed by atoms with Crippen LogP contribution in [0.15, 0.2) is 0 Å². The molecule has 2 N–H and O–H groups in total. The lowest BCUT2D eigenvalue weighted by Gasteiger charge is -2.28. The summed E-state index contributed by atoms with van der Waals surface area (Å²) in [5, 5.41) is 18.0. The van der Waals surface area contributed by atoms with E-state index in [-0.39, 0.29) is 4.90 Å². The van der Waals surface area contributed by atoms with Crippen LogP contribution in [0.4, 0.5) is 17.6 Å². The summed E-state index contributed by atoms with van der Waals surface area (Å²) in [5.74, 6) is -3.67. The third-order valence-corrected chi connectivity index (χ3v) is 2.64. The van der Waals surface area contributed by atoms with Gasteiger partial charge in [-0.1, -0.05) is 0 Å². The Hall–Kier alpha value is -0.825. The number of aliphatic hydroxyl groups is 2. The highest BCUT2D eigenvalue weighted by Crippen LogP contribution is 2.30. The van der Waals surface area contributed by atoms with Crippen molar-refractivity contribution < 1.29 is 32.6 Å². The molecule has 92 valence electrons. The Labute approximate surface area is 89.2 Å². The molecule has 4 atom stereocenters. The molecule has 0 unspecified atom stereocenters. The first kappa shape index (κ1) is 13.2. The second-order valence-electron chi connectivity index (χ2n) is 3.64. The van der Waals surface area contributed by atoms with Gasteiger partial charge in [0.15, 0.2) is 0 Å². The van der Waals surface area contributed by atoms with E-state index < -0.39 is 42.9 Å². The summed E-state index contributed by atoms with van der Waals surface area (Å²) in [6.07, 6.45) is -8.94. The highest BCUT2D eigenvalue weighted by molar-refractivity contribution is 6.14. The first-order chi connectivity index (χ1) is 7.21. The van der Waals surface area contributed by atoms with Crippen LogP contribution >= 0.6 is 0 Å². The maximum absolute atomic E-state index is 13.2. The molecule has 0 radical (unpaired) electrons. The predicted molar refractivity (Wildman–Crippen MR) is 47.0 cm³/mol. The van der Waals surface area contributed by atoms with Crippen LogP contribution in [0.2, 0.25) is 0 Å². The molecule has 0 aromatic heterocycles. The Balaban J connectivity index is 2.98. The molecule has 0 aliphatic carbocycles. The number of rotatable bonds is 1. The van der Waals surface area contributed by atoms with Gasteiger partial charge in [0, 0.05) is 5.94 Å². The quantitative estimate of drug-likeness (QED) is 0.431. The Kier molecular flexibility index (Phi) is 3.48. The minimum absolute atomic E-state index is 0.148. The van der Waals surface area contributed by atoms with Crippen molar-refractivity contribution in [2.45, 2.75) is 30.4 Å². The average Bonchev–Trinajstić information content (AvgIpc) is 2.39. The number of halogens is 4. The fourth-order valence-electron chi connectivity index (χ4n) is 1.80. The summed E-state index contributed by atoms with van der Waals surface area (Å²) < 4.78 is 49.7. The summed E-state index contributed by atoms with van der Waals surface area (Å²) in [7, 11) is 1.05. The van der Waals surface area contributed by atoms with Gasteiger partial charge < -0.3 is 15.1 Å². The monoisotopic (exact) mass is 243 g/mol. The van der Waals surface area contributed by atoms with Gasteiger partial charge in [0.2, 0.25) is 0 Å². The summed E-state index contributed by atoms with van der Waals surface area (Å²) in [6.45, 7) is -0.923. The number of hydrogen-bond acceptors (Lipinski definition) is 3. The van der Waals surface area contributed by atoms with Crippen LogP contribution in [0.1, 0.15) is 0 Å². The molecule has 0 bridgehead atoms. The van der Waals surface area contributed by atoms with Gasteiger partial charge in [-0.25, -0.2) is 4.39 Å². The lowest BCUT2D eigenvalue weighted by molar-refractivity contribution is -0.188. The van der Waals surface area contributed by atoms with Crippen LogP contribution in [-0.4, -0.2) is 65.9 Å². The molecule has 1 heterocycles. The molecular weight excluding hydrogens is 233 g/mol. The molecule has 0 aromatic rings. The molecule has 1 amide bonds. The minimum atomic E-state index is -5.15. The number of carbonyl (C=O) groups is 1. The van der Waals surface area contributed by atoms with Crippen LogP contribution in [-0.2, 0) is 4.79 Å². The molecule has 16 heavy (non-hydrogen) atoms. The van der Waals surface area contributed by atoms with E-state index in [2.05, 4.69) is 0 Å². The Bertz CT molecular complexity index is 287. The lowest BCUT2D eigenvalue weighted by Crippen LogP contribution is -2.51. The molecule has 1 saturated heterocycles. The molecule has 9 heteroatoms. The van der Waals surface area contributed by atoms with Crippen molar-refractivity contribution in [3.63, 3.8) is 0 Å². The topological polar surface area (TPSA) is 60.8 Å². The zero-order valence-corrected chi connectivity index (χ0v) is 8.28. The van der Waals surface area contributed by atoms with Gasteiger partial charge in [0.25, 0.3) is 0 Å². The largest absolute Gasteiger partial charge is 0.471 e. The number of likely N-dealkylation sites (tertiary alicyclic amines) is 1. The number of carbonyl (C=O) groups excluding carboxylic acids is 1. The summed E-state index contributed by atoms with van der Waals surface area (Å²) in [4.78, 5) is 11.1. The molecule has 1 aliphatic rings. The maximum atomic E-state index is 13.2. The molecule has 0 saturated carbocycles. The van der Waals surface area contributed by atoms with Crippen molar-refractivity contribution in [2.24, 2.45) is 0 Å². The number of nitrogens with zero attached hydrogens (tertiary/aromatic N) is 1. The molecule has 0 aromatic carbocycles. The van der Waals surface area contributed by atoms with Gasteiger partial charge in [-0.3, -0.25) is 4.79 Å². The standard InChI is InChI=1S/C7H10BF4NO3/c8-5-3(9)4(15)2(1-14)13(5)6(16)7(10,11)12/h2-5,14-15H,1,8H2/t2-,3+,4-,5-/m1/s1. The first-order valence-corrected chi connectivity index (χ1v) is 4.54. The zero-order chi connectivity index (χ0) is 12.7. The Morgan fingerprint density at radius 2 is 1.94 bits per heavy atom. The van der Waals surface area contributed by atoms with Crippen molar-refractivity contribution in [3.8, 4) is 0 Å². The average molecular weight is 243 g/mol. The number of alkyl halides is 4. The van der Waals surface area contributed by atoms with Crippen molar-refractivity contribution in [3.05, 3.63) is 0 Å². The second kappa shape index (κ2) is 4.21. The van der Waals surface area contributed by atoms with Crippen molar-refractivity contribution in [2.75, 3.05) is 6.61 Å². The molecular formula is C7H10BF4NO3. The van der Waals surface area contributed by atoms with E-state index >= 15 is 0 Å². The van der Waals surface area contributed by atoms with Crippen molar-refractivity contribution in [1.82, 2.24) is 4.90 Å². The minimum Gasteiger partial charge on any atom is -0.394 e. The molecule has 1 rings (SSSR count). The Morgan fingerprint density at radius 1 is 1.44 bits per heavy atom. The van der Waals surface area contributed by atoms with Crippen molar-refractivity contribution >= 4 is 13.8 Å². The lowest BCUT2D eigenvalue weighted by atomic mass is 9.92. The summed E-state index contributed by atoms with van der Waals surface area (Å²) in [5.41, 5.74) is 0. The van der Waals surface area contributed by atoms with Crippen LogP contribution in [0.25, 0.3) is 0 Å². The second-order valence-corrected chi connectivity index (χ2v) is 3.64. The maximum Gasteiger partial charge on any atom is 0.471 e. The Morgan fingerprint density at radius 3 is 2.31 bits per heavy atom. The molecule has 1 aliphatic heterocycles. The highest BCUT2D eigenvalue weighted by atomic mass is 19.4. The fourth-order valence-corrected chi connectivity index (χ4v) is 1.80. The first-order valence-electron chi connectivity index (χ1n) is 4.54. The van der Waals surface area contributed by atoms with Crippen LogP contribution < -0.4 is 0 Å². The van der Waals surface area contributed by atoms with Gasteiger partial charge in [-0.15, -0.1) is 0 Å². The van der Waals surface area contributed by atoms with Crippen LogP contribution in [0, 0.1) is 0 Å². The third-order valence-electron chi connectivity index (χ3n) is 2.64. The van der Waals surface area contributed by atoms with Crippen LogP contribution in [0.5, 0.6) is 0 Å². The van der Waals surface area contributed by atoms with Gasteiger partial charge in [-0.05, 0) is 0 Å². The summed E-state index contributed by atoms with van der Waals surface area (Å²) >= 11 is 0. The fraction of sp³-hybridized carbons (Fsp3) is 0.857. The highest BCUT2D eigenvalue weighted by Gasteiger charge is 2.54. The van der Waals surface area contributed by atoms with E-state index in [0.29, 0.717) is 0 Å². The molecule has 0 spiro atoms. The SMILES string of the molecule is B[C@H]1[C@@H](F)[C@H](O)[C@@H](CO)N1C(=O)C(F)(F)F. The van der Waals surface area contributed by atoms with E-state index in [0.717, 1.165) is 7.85 Å². The van der Waals surface area contributed by atoms with E-state index in [9.17, 15) is 27.5 Å². The molecule has 4 nitrogen and oxygen atoms in total. The van der Waals surface area contributed by atoms with Crippen molar-refractivity contribution in [1.29, 1.82) is 0 Å². The van der Waals surface area contributed by atoms with Gasteiger partial charge >= 0.3 is 12.1 Å². The van der Waals surface area contributed by atoms with E-state index in [1.54, 1.807) is 0 Å². The van der Waals surface area contributed by atoms with E-state index in [1.807, 2.05) is 0 Å². The van der Waals surface area contributed by atoms with Crippen LogP contribution in [0.3, 0.4) is 0 Å². The molecule has 1 fully saturated rings. The smallest absolute Gasteiger partial charge is 0.394 e. The number of aliphatic hydroxyl groups excluding tert-OH is 2. The van der Waals surface area contributed by atoms with Gasteiger partial charge in [0.05, 0.1) is 12.6 Å². The zero-order valence-electron chi connectivity index (χ0n) is 8.28. The normalized spacial score (nSPS) is 35.5. The number of hydrogen-bond donors (Lipinski definition) is 2.